The zero-order valence-corrected chi connectivity index (χ0v) is 17.3. The molecule has 1 aromatic heterocycles. The molecule has 0 amide bonds. The van der Waals surface area contributed by atoms with Gasteiger partial charge >= 0.3 is 0 Å². The molecule has 3 nitrogen and oxygen atoms in total. The summed E-state index contributed by atoms with van der Waals surface area (Å²) < 4.78 is -3.58. The Morgan fingerprint density at radius 3 is 1.52 bits per heavy atom. The van der Waals surface area contributed by atoms with Crippen molar-refractivity contribution in [3.63, 3.8) is 0 Å². The monoisotopic (exact) mass is 439 g/mol. The van der Waals surface area contributed by atoms with Gasteiger partial charge in [-0.1, -0.05) is 115 Å². The van der Waals surface area contributed by atoms with Gasteiger partial charge in [0.15, 0.2) is 11.6 Å². The van der Waals surface area contributed by atoms with Crippen LogP contribution < -0.4 is 0 Å². The van der Waals surface area contributed by atoms with E-state index in [1.807, 2.05) is 0 Å². The van der Waals surface area contributed by atoms with E-state index in [0.717, 1.165) is 12.8 Å². The summed E-state index contributed by atoms with van der Waals surface area (Å²) in [5.41, 5.74) is 0. The maximum atomic E-state index is 5.83. The van der Waals surface area contributed by atoms with E-state index < -0.39 is 7.59 Å². The van der Waals surface area contributed by atoms with E-state index in [9.17, 15) is 0 Å². The number of alkyl halides is 6. The zero-order valence-electron chi connectivity index (χ0n) is 12.8. The SMILES string of the molecule is CCCCCCCCCc1nc(C(Cl)(Cl)Cl)nc(C(Cl)(Cl)Cl)n1. The lowest BCUT2D eigenvalue weighted by Crippen LogP contribution is -2.18. The van der Waals surface area contributed by atoms with Gasteiger partial charge in [0.2, 0.25) is 7.59 Å². The van der Waals surface area contributed by atoms with Gasteiger partial charge in [-0.15, -0.1) is 0 Å². The number of hydrogen-bond acceptors (Lipinski definition) is 3. The van der Waals surface area contributed by atoms with Crippen LogP contribution in [0.4, 0.5) is 0 Å². The Morgan fingerprint density at radius 1 is 0.652 bits per heavy atom. The maximum Gasteiger partial charge on any atom is 0.250 e. The molecule has 0 spiro atoms. The molecule has 1 aromatic rings. The Balaban J connectivity index is 2.67. The van der Waals surface area contributed by atoms with E-state index in [1.165, 1.54) is 32.1 Å². The van der Waals surface area contributed by atoms with Crippen molar-refractivity contribution in [3.8, 4) is 0 Å². The van der Waals surface area contributed by atoms with E-state index in [0.29, 0.717) is 12.2 Å². The summed E-state index contributed by atoms with van der Waals surface area (Å²) in [5.74, 6) is 0.407. The molecule has 0 N–H and O–H groups in total. The van der Waals surface area contributed by atoms with Gasteiger partial charge in [0.1, 0.15) is 5.82 Å². The van der Waals surface area contributed by atoms with Gasteiger partial charge in [-0.3, -0.25) is 0 Å². The van der Waals surface area contributed by atoms with Crippen molar-refractivity contribution >= 4 is 69.6 Å². The van der Waals surface area contributed by atoms with Gasteiger partial charge in [0, 0.05) is 6.42 Å². The Bertz CT molecular complexity index is 452. The normalized spacial score (nSPS) is 12.7. The minimum Gasteiger partial charge on any atom is -0.213 e. The molecule has 132 valence electrons. The van der Waals surface area contributed by atoms with Crippen LogP contribution in [0.25, 0.3) is 0 Å². The van der Waals surface area contributed by atoms with Crippen molar-refractivity contribution in [2.24, 2.45) is 0 Å². The lowest BCUT2D eigenvalue weighted by atomic mass is 10.1. The topological polar surface area (TPSA) is 38.7 Å². The first-order chi connectivity index (χ1) is 10.6. The van der Waals surface area contributed by atoms with Crippen molar-refractivity contribution in [2.45, 2.75) is 65.9 Å². The highest BCUT2D eigenvalue weighted by Crippen LogP contribution is 2.39. The average molecular weight is 442 g/mol. The summed E-state index contributed by atoms with van der Waals surface area (Å²) >= 11 is 35.0. The van der Waals surface area contributed by atoms with Crippen molar-refractivity contribution in [1.29, 1.82) is 0 Å². The molecular weight excluding hydrogens is 423 g/mol. The van der Waals surface area contributed by atoms with Crippen LogP contribution in [-0.2, 0) is 14.0 Å². The summed E-state index contributed by atoms with van der Waals surface area (Å²) in [5, 5.41) is 0. The number of hydrogen-bond donors (Lipinski definition) is 0. The first-order valence-electron chi connectivity index (χ1n) is 7.54. The van der Waals surface area contributed by atoms with Crippen LogP contribution >= 0.6 is 69.6 Å². The molecule has 1 heterocycles. The number of aryl methyl sites for hydroxylation is 1. The van der Waals surface area contributed by atoms with Crippen molar-refractivity contribution < 1.29 is 0 Å². The minimum absolute atomic E-state index is 0.0308. The van der Waals surface area contributed by atoms with Crippen LogP contribution in [-0.4, -0.2) is 15.0 Å². The zero-order chi connectivity index (χ0) is 17.5. The number of nitrogens with zero attached hydrogens (tertiary/aromatic N) is 3. The molecule has 0 saturated carbocycles. The predicted octanol–water partition coefficient (Wildman–Crippen LogP) is 6.82. The largest absolute Gasteiger partial charge is 0.250 e. The third-order valence-electron chi connectivity index (χ3n) is 3.19. The molecule has 0 bridgehead atoms. The highest BCUT2D eigenvalue weighted by Gasteiger charge is 2.33. The lowest BCUT2D eigenvalue weighted by molar-refractivity contribution is 0.582. The van der Waals surface area contributed by atoms with Crippen molar-refractivity contribution in [2.75, 3.05) is 0 Å². The molecule has 0 aliphatic carbocycles. The molecule has 0 aromatic carbocycles. The van der Waals surface area contributed by atoms with Crippen LogP contribution in [0.1, 0.15) is 69.3 Å². The molecule has 0 saturated heterocycles. The molecule has 23 heavy (non-hydrogen) atoms. The molecule has 0 aliphatic rings. The molecule has 1 rings (SSSR count). The van der Waals surface area contributed by atoms with Gasteiger partial charge in [0.05, 0.1) is 0 Å². The fourth-order valence-corrected chi connectivity index (χ4v) is 2.53. The maximum absolute atomic E-state index is 5.83. The van der Waals surface area contributed by atoms with Gasteiger partial charge in [-0.05, 0) is 6.42 Å². The van der Waals surface area contributed by atoms with E-state index in [4.69, 9.17) is 69.6 Å². The first-order valence-corrected chi connectivity index (χ1v) is 9.80. The molecule has 0 radical (unpaired) electrons. The number of unbranched alkanes of at least 4 members (excludes halogenated alkanes) is 6. The van der Waals surface area contributed by atoms with E-state index in [2.05, 4.69) is 21.9 Å². The second-order valence-electron chi connectivity index (χ2n) is 5.27. The highest BCUT2D eigenvalue weighted by atomic mass is 35.6. The van der Waals surface area contributed by atoms with Crippen molar-refractivity contribution in [3.05, 3.63) is 17.5 Å². The summed E-state index contributed by atoms with van der Waals surface area (Å²) in [6, 6.07) is 0. The fourth-order valence-electron chi connectivity index (χ4n) is 2.03. The number of aromatic nitrogens is 3. The van der Waals surface area contributed by atoms with Crippen LogP contribution in [0.5, 0.6) is 0 Å². The van der Waals surface area contributed by atoms with E-state index in [1.54, 1.807) is 0 Å². The summed E-state index contributed by atoms with van der Waals surface area (Å²) in [6.45, 7) is 2.20. The Hall–Kier alpha value is 0.750. The molecular formula is C14H19Cl6N3. The smallest absolute Gasteiger partial charge is 0.213 e. The standard InChI is InChI=1S/C14H19Cl6N3/c1-2-3-4-5-6-7-8-9-10-21-11(13(15,16)17)23-12(22-10)14(18,19)20/h2-9H2,1H3. The van der Waals surface area contributed by atoms with E-state index in [-0.39, 0.29) is 11.6 Å². The average Bonchev–Trinajstić information content (AvgIpc) is 2.44. The predicted molar refractivity (Wildman–Crippen MR) is 100.0 cm³/mol. The van der Waals surface area contributed by atoms with Gasteiger partial charge < -0.3 is 0 Å². The van der Waals surface area contributed by atoms with Crippen LogP contribution in [0.3, 0.4) is 0 Å². The fraction of sp³-hybridized carbons (Fsp3) is 0.786. The summed E-state index contributed by atoms with van der Waals surface area (Å²) in [4.78, 5) is 12.3. The minimum atomic E-state index is -1.79. The van der Waals surface area contributed by atoms with E-state index >= 15 is 0 Å². The highest BCUT2D eigenvalue weighted by molar-refractivity contribution is 6.67. The van der Waals surface area contributed by atoms with Gasteiger partial charge in [0.25, 0.3) is 0 Å². The quantitative estimate of drug-likeness (QED) is 0.328. The van der Waals surface area contributed by atoms with Crippen molar-refractivity contribution in [1.82, 2.24) is 15.0 Å². The Kier molecular flexibility index (Phi) is 9.51. The Labute approximate surface area is 167 Å². The summed E-state index contributed by atoms with van der Waals surface area (Å²) in [6.07, 6.45) is 8.85. The van der Waals surface area contributed by atoms with Crippen LogP contribution in [0.15, 0.2) is 0 Å². The second kappa shape index (κ2) is 10.0. The Morgan fingerprint density at radius 2 is 1.09 bits per heavy atom. The molecule has 0 fully saturated rings. The van der Waals surface area contributed by atoms with Crippen LogP contribution in [0.2, 0.25) is 0 Å². The summed E-state index contributed by atoms with van der Waals surface area (Å²) in [7, 11) is 0. The lowest BCUT2D eigenvalue weighted by Gasteiger charge is -2.15. The third kappa shape index (κ3) is 8.60. The molecule has 9 heteroatoms. The third-order valence-corrected chi connectivity index (χ3v) is 4.21. The molecule has 0 atom stereocenters. The number of halogens is 6. The second-order valence-corrected chi connectivity index (χ2v) is 9.83. The van der Waals surface area contributed by atoms with Gasteiger partial charge in [-0.25, -0.2) is 15.0 Å². The first kappa shape index (κ1) is 21.8. The van der Waals surface area contributed by atoms with Crippen LogP contribution in [0, 0.1) is 0 Å². The number of rotatable bonds is 8. The molecule has 0 aliphatic heterocycles. The van der Waals surface area contributed by atoms with Gasteiger partial charge in [-0.2, -0.15) is 0 Å². The molecule has 0 unspecified atom stereocenters.